The second-order valence-corrected chi connectivity index (χ2v) is 6.04. The Morgan fingerprint density at radius 2 is 1.95 bits per heavy atom. The Balaban J connectivity index is 2.33. The van der Waals surface area contributed by atoms with E-state index in [1.165, 1.54) is 5.56 Å². The summed E-state index contributed by atoms with van der Waals surface area (Å²) >= 11 is 0. The van der Waals surface area contributed by atoms with E-state index in [-0.39, 0.29) is 5.91 Å². The first-order chi connectivity index (χ1) is 10.0. The molecule has 1 unspecified atom stereocenters. The van der Waals surface area contributed by atoms with Crippen LogP contribution in [0.25, 0.3) is 0 Å². The molecule has 0 aliphatic carbocycles. The van der Waals surface area contributed by atoms with Crippen LogP contribution in [0.15, 0.2) is 24.5 Å². The zero-order valence-corrected chi connectivity index (χ0v) is 13.6. The summed E-state index contributed by atoms with van der Waals surface area (Å²) in [5.74, 6) is 1.36. The maximum Gasteiger partial charge on any atom is 0.222 e. The molecule has 4 heteroatoms. The molecule has 1 aromatic rings. The number of likely N-dealkylation sites (N-methyl/N-ethyl adjacent to an activating group) is 1. The summed E-state index contributed by atoms with van der Waals surface area (Å²) in [5.41, 5.74) is 6.86. The number of amides is 1. The molecule has 1 atom stereocenters. The van der Waals surface area contributed by atoms with Crippen molar-refractivity contribution >= 4 is 5.91 Å². The van der Waals surface area contributed by atoms with E-state index >= 15 is 0 Å². The number of aromatic nitrogens is 1. The molecule has 21 heavy (non-hydrogen) atoms. The van der Waals surface area contributed by atoms with Gasteiger partial charge in [0.15, 0.2) is 0 Å². The monoisotopic (exact) mass is 291 g/mol. The number of hydrogen-bond acceptors (Lipinski definition) is 3. The molecule has 0 aromatic carbocycles. The van der Waals surface area contributed by atoms with Gasteiger partial charge in [-0.25, -0.2) is 0 Å². The van der Waals surface area contributed by atoms with Crippen molar-refractivity contribution < 1.29 is 4.79 Å². The van der Waals surface area contributed by atoms with E-state index in [1.54, 1.807) is 12.4 Å². The molecule has 4 nitrogen and oxygen atoms in total. The number of rotatable bonds is 9. The minimum absolute atomic E-state index is 0.228. The Labute approximate surface area is 128 Å². The molecule has 0 spiro atoms. The lowest BCUT2D eigenvalue weighted by Gasteiger charge is -2.22. The van der Waals surface area contributed by atoms with Gasteiger partial charge in [-0.3, -0.25) is 9.78 Å². The van der Waals surface area contributed by atoms with Crippen LogP contribution in [0.4, 0.5) is 0 Å². The van der Waals surface area contributed by atoms with Crippen molar-refractivity contribution in [3.8, 4) is 0 Å². The van der Waals surface area contributed by atoms with Crippen molar-refractivity contribution in [3.05, 3.63) is 30.1 Å². The maximum atomic E-state index is 12.2. The third-order valence-corrected chi connectivity index (χ3v) is 4.12. The molecule has 1 aromatic heterocycles. The summed E-state index contributed by atoms with van der Waals surface area (Å²) in [6.45, 7) is 5.87. The van der Waals surface area contributed by atoms with Gasteiger partial charge in [-0.2, -0.15) is 0 Å². The highest BCUT2D eigenvalue weighted by atomic mass is 16.2. The summed E-state index contributed by atoms with van der Waals surface area (Å²) in [5, 5.41) is 0. The molecule has 1 heterocycles. The van der Waals surface area contributed by atoms with Gasteiger partial charge >= 0.3 is 0 Å². The molecule has 0 radical (unpaired) electrons. The Kier molecular flexibility index (Phi) is 7.98. The first-order valence-electron chi connectivity index (χ1n) is 7.87. The molecule has 0 saturated heterocycles. The van der Waals surface area contributed by atoms with Crippen LogP contribution in [0.2, 0.25) is 0 Å². The zero-order valence-electron chi connectivity index (χ0n) is 13.6. The Morgan fingerprint density at radius 1 is 1.29 bits per heavy atom. The van der Waals surface area contributed by atoms with Gasteiger partial charge in [0.1, 0.15) is 0 Å². The number of pyridine rings is 1. The Bertz CT molecular complexity index is 406. The zero-order chi connectivity index (χ0) is 15.7. The van der Waals surface area contributed by atoms with Gasteiger partial charge in [-0.15, -0.1) is 0 Å². The lowest BCUT2D eigenvalue weighted by molar-refractivity contribution is -0.130. The van der Waals surface area contributed by atoms with Crippen molar-refractivity contribution in [1.82, 2.24) is 9.88 Å². The van der Waals surface area contributed by atoms with E-state index in [0.717, 1.165) is 25.8 Å². The lowest BCUT2D eigenvalue weighted by Crippen LogP contribution is -2.29. The van der Waals surface area contributed by atoms with E-state index < -0.39 is 0 Å². The van der Waals surface area contributed by atoms with Gasteiger partial charge < -0.3 is 10.6 Å². The lowest BCUT2D eigenvalue weighted by atomic mass is 9.88. The molecule has 1 rings (SSSR count). The molecule has 2 N–H and O–H groups in total. The van der Waals surface area contributed by atoms with Crippen LogP contribution in [-0.4, -0.2) is 35.9 Å². The van der Waals surface area contributed by atoms with Crippen LogP contribution < -0.4 is 5.73 Å². The fourth-order valence-corrected chi connectivity index (χ4v) is 2.50. The van der Waals surface area contributed by atoms with Gasteiger partial charge in [-0.1, -0.05) is 13.8 Å². The quantitative estimate of drug-likeness (QED) is 0.760. The Morgan fingerprint density at radius 3 is 2.52 bits per heavy atom. The summed E-state index contributed by atoms with van der Waals surface area (Å²) < 4.78 is 0. The third-order valence-electron chi connectivity index (χ3n) is 4.12. The molecule has 118 valence electrons. The minimum Gasteiger partial charge on any atom is -0.345 e. The highest BCUT2D eigenvalue weighted by Gasteiger charge is 2.16. The largest absolute Gasteiger partial charge is 0.345 e. The van der Waals surface area contributed by atoms with Crippen molar-refractivity contribution in [1.29, 1.82) is 0 Å². The van der Waals surface area contributed by atoms with Crippen LogP contribution >= 0.6 is 0 Å². The average Bonchev–Trinajstić information content (AvgIpc) is 2.49. The van der Waals surface area contributed by atoms with E-state index in [2.05, 4.69) is 18.8 Å². The summed E-state index contributed by atoms with van der Waals surface area (Å²) in [7, 11) is 1.89. The smallest absolute Gasteiger partial charge is 0.222 e. The van der Waals surface area contributed by atoms with Crippen LogP contribution in [0, 0.1) is 11.8 Å². The average molecular weight is 291 g/mol. The van der Waals surface area contributed by atoms with Crippen LogP contribution in [0.3, 0.4) is 0 Å². The highest BCUT2D eigenvalue weighted by molar-refractivity contribution is 5.75. The van der Waals surface area contributed by atoms with Crippen LogP contribution in [0.5, 0.6) is 0 Å². The fourth-order valence-electron chi connectivity index (χ4n) is 2.50. The molecular weight excluding hydrogens is 262 g/mol. The second-order valence-electron chi connectivity index (χ2n) is 6.04. The van der Waals surface area contributed by atoms with E-state index in [4.69, 9.17) is 5.73 Å². The molecule has 0 aliphatic rings. The summed E-state index contributed by atoms with van der Waals surface area (Å²) in [6.07, 6.45) is 7.02. The number of nitrogens with zero attached hydrogens (tertiary/aromatic N) is 2. The fraction of sp³-hybridized carbons (Fsp3) is 0.647. The number of carbonyl (C=O) groups is 1. The van der Waals surface area contributed by atoms with Crippen molar-refractivity contribution in [3.63, 3.8) is 0 Å². The van der Waals surface area contributed by atoms with E-state index in [1.807, 2.05) is 24.1 Å². The van der Waals surface area contributed by atoms with E-state index in [0.29, 0.717) is 24.8 Å². The molecule has 1 amide bonds. The van der Waals surface area contributed by atoms with Gasteiger partial charge in [-0.05, 0) is 55.3 Å². The van der Waals surface area contributed by atoms with E-state index in [9.17, 15) is 4.79 Å². The van der Waals surface area contributed by atoms with Crippen LogP contribution in [0.1, 0.15) is 38.7 Å². The van der Waals surface area contributed by atoms with Gasteiger partial charge in [0, 0.05) is 32.4 Å². The highest BCUT2D eigenvalue weighted by Crippen LogP contribution is 2.20. The second kappa shape index (κ2) is 9.50. The number of nitrogens with two attached hydrogens (primary N) is 1. The van der Waals surface area contributed by atoms with Crippen LogP contribution in [-0.2, 0) is 11.2 Å². The van der Waals surface area contributed by atoms with Gasteiger partial charge in [0.2, 0.25) is 5.91 Å². The minimum atomic E-state index is 0.228. The van der Waals surface area contributed by atoms with Gasteiger partial charge in [0.25, 0.3) is 0 Å². The van der Waals surface area contributed by atoms with Crippen molar-refractivity contribution in [2.45, 2.75) is 39.5 Å². The predicted octanol–water partition coefficient (Wildman–Crippen LogP) is 2.48. The number of hydrogen-bond donors (Lipinski definition) is 1. The SMILES string of the molecule is CC(C)C(CCN)CCC(=O)N(C)CCc1ccncc1. The van der Waals surface area contributed by atoms with Crippen molar-refractivity contribution in [2.24, 2.45) is 17.6 Å². The maximum absolute atomic E-state index is 12.2. The van der Waals surface area contributed by atoms with Gasteiger partial charge in [0.05, 0.1) is 0 Å². The first-order valence-corrected chi connectivity index (χ1v) is 7.87. The molecule has 0 aliphatic heterocycles. The topological polar surface area (TPSA) is 59.2 Å². The number of carbonyl (C=O) groups excluding carboxylic acids is 1. The predicted molar refractivity (Wildman–Crippen MR) is 86.8 cm³/mol. The van der Waals surface area contributed by atoms with Crippen molar-refractivity contribution in [2.75, 3.05) is 20.1 Å². The summed E-state index contributed by atoms with van der Waals surface area (Å²) in [6, 6.07) is 3.99. The first kappa shape index (κ1) is 17.6. The summed E-state index contributed by atoms with van der Waals surface area (Å²) in [4.78, 5) is 18.0. The normalized spacial score (nSPS) is 12.4. The third kappa shape index (κ3) is 6.71. The molecule has 0 bridgehead atoms. The standard InChI is InChI=1S/C17H29N3O/c1-14(2)16(6-10-18)4-5-17(21)20(3)13-9-15-7-11-19-12-8-15/h7-8,11-12,14,16H,4-6,9-10,13,18H2,1-3H3. The Hall–Kier alpha value is -1.42. The molecule has 0 fully saturated rings. The molecular formula is C17H29N3O. The molecule has 0 saturated carbocycles.